The highest BCUT2D eigenvalue weighted by Crippen LogP contribution is 2.35. The van der Waals surface area contributed by atoms with Crippen molar-refractivity contribution in [2.24, 2.45) is 5.73 Å². The molecule has 3 rings (SSSR count). The van der Waals surface area contributed by atoms with Crippen LogP contribution in [0.4, 0.5) is 0 Å². The molecule has 1 heterocycles. The van der Waals surface area contributed by atoms with Gasteiger partial charge in [0.25, 0.3) is 0 Å². The molecule has 2 aromatic rings. The van der Waals surface area contributed by atoms with Crippen molar-refractivity contribution in [3.63, 3.8) is 0 Å². The van der Waals surface area contributed by atoms with Crippen LogP contribution in [0.5, 0.6) is 0 Å². The molecule has 0 bridgehead atoms. The summed E-state index contributed by atoms with van der Waals surface area (Å²) >= 11 is 0. The van der Waals surface area contributed by atoms with Crippen LogP contribution in [0.2, 0.25) is 0 Å². The number of hydrogen-bond acceptors (Lipinski definition) is 4. The van der Waals surface area contributed by atoms with E-state index in [0.717, 1.165) is 43.8 Å². The van der Waals surface area contributed by atoms with Crippen LogP contribution in [-0.2, 0) is 12.8 Å². The second-order valence-electron chi connectivity index (χ2n) is 6.06. The minimum Gasteiger partial charge on any atom is -0.339 e. The zero-order chi connectivity index (χ0) is 14.7. The molecule has 1 aliphatic rings. The summed E-state index contributed by atoms with van der Waals surface area (Å²) in [7, 11) is 0. The minimum atomic E-state index is 0.234. The van der Waals surface area contributed by atoms with Gasteiger partial charge in [0.1, 0.15) is 0 Å². The van der Waals surface area contributed by atoms with Crippen molar-refractivity contribution in [2.45, 2.75) is 57.4 Å². The van der Waals surface area contributed by atoms with E-state index in [4.69, 9.17) is 10.3 Å². The molecule has 0 fully saturated rings. The Kier molecular flexibility index (Phi) is 4.34. The molecule has 1 aliphatic carbocycles. The van der Waals surface area contributed by atoms with Gasteiger partial charge in [0.05, 0.1) is 0 Å². The average Bonchev–Trinajstić information content (AvgIpc) is 2.95. The zero-order valence-electron chi connectivity index (χ0n) is 12.6. The summed E-state index contributed by atoms with van der Waals surface area (Å²) in [4.78, 5) is 4.61. The van der Waals surface area contributed by atoms with Gasteiger partial charge >= 0.3 is 0 Å². The number of hydrogen-bond donors (Lipinski definition) is 1. The molecule has 0 saturated heterocycles. The number of benzene rings is 1. The van der Waals surface area contributed by atoms with Gasteiger partial charge in [0.15, 0.2) is 5.82 Å². The summed E-state index contributed by atoms with van der Waals surface area (Å²) in [6, 6.07) is 8.85. The van der Waals surface area contributed by atoms with Crippen molar-refractivity contribution in [1.29, 1.82) is 0 Å². The van der Waals surface area contributed by atoms with E-state index in [9.17, 15) is 0 Å². The molecule has 0 radical (unpaired) electrons. The smallest absolute Gasteiger partial charge is 0.226 e. The highest BCUT2D eigenvalue weighted by atomic mass is 16.5. The molecular weight excluding hydrogens is 262 g/mol. The molecule has 4 nitrogen and oxygen atoms in total. The molecule has 21 heavy (non-hydrogen) atoms. The number of nitrogens with zero attached hydrogens (tertiary/aromatic N) is 2. The van der Waals surface area contributed by atoms with E-state index in [1.165, 1.54) is 17.5 Å². The second-order valence-corrected chi connectivity index (χ2v) is 6.06. The fourth-order valence-electron chi connectivity index (χ4n) is 3.11. The van der Waals surface area contributed by atoms with Gasteiger partial charge in [-0.25, -0.2) is 0 Å². The van der Waals surface area contributed by atoms with Crippen molar-refractivity contribution in [3.8, 4) is 0 Å². The molecule has 0 spiro atoms. The van der Waals surface area contributed by atoms with Gasteiger partial charge in [-0.2, -0.15) is 4.98 Å². The van der Waals surface area contributed by atoms with Gasteiger partial charge in [-0.15, -0.1) is 0 Å². The van der Waals surface area contributed by atoms with Crippen molar-refractivity contribution < 1.29 is 4.52 Å². The highest BCUT2D eigenvalue weighted by molar-refractivity contribution is 5.36. The first kappa shape index (κ1) is 14.3. The largest absolute Gasteiger partial charge is 0.339 e. The maximum atomic E-state index is 5.77. The molecular formula is C17H23N3O. The normalized spacial score (nSPS) is 19.2. The Hall–Kier alpha value is -1.68. The summed E-state index contributed by atoms with van der Waals surface area (Å²) in [5.74, 6) is 1.88. The quantitative estimate of drug-likeness (QED) is 0.916. The first-order valence-electron chi connectivity index (χ1n) is 7.90. The molecule has 2 unspecified atom stereocenters. The molecule has 112 valence electrons. The lowest BCUT2D eigenvalue weighted by atomic mass is 9.82. The zero-order valence-corrected chi connectivity index (χ0v) is 12.6. The van der Waals surface area contributed by atoms with E-state index >= 15 is 0 Å². The Bertz CT molecular complexity index is 591. The first-order valence-corrected chi connectivity index (χ1v) is 7.90. The lowest BCUT2D eigenvalue weighted by Crippen LogP contribution is -2.14. The van der Waals surface area contributed by atoms with Crippen LogP contribution in [0.3, 0.4) is 0 Å². The van der Waals surface area contributed by atoms with E-state index in [1.54, 1.807) is 0 Å². The summed E-state index contributed by atoms with van der Waals surface area (Å²) in [5, 5.41) is 4.22. The van der Waals surface area contributed by atoms with Crippen LogP contribution < -0.4 is 5.73 Å². The predicted molar refractivity (Wildman–Crippen MR) is 82.1 cm³/mol. The molecule has 1 aromatic heterocycles. The average molecular weight is 285 g/mol. The van der Waals surface area contributed by atoms with Crippen LogP contribution in [0, 0.1) is 0 Å². The summed E-state index contributed by atoms with van der Waals surface area (Å²) in [6.45, 7) is 2.03. The Morgan fingerprint density at radius 3 is 3.10 bits per heavy atom. The topological polar surface area (TPSA) is 64.9 Å². The summed E-state index contributed by atoms with van der Waals surface area (Å²) in [6.07, 6.45) is 6.27. The van der Waals surface area contributed by atoms with E-state index < -0.39 is 0 Å². The molecule has 2 N–H and O–H groups in total. The van der Waals surface area contributed by atoms with E-state index in [1.807, 2.05) is 6.92 Å². The predicted octanol–water partition coefficient (Wildman–Crippen LogP) is 3.21. The number of fused-ring (bicyclic) bond motifs is 1. The fraction of sp³-hybridized carbons (Fsp3) is 0.529. The Morgan fingerprint density at radius 2 is 2.24 bits per heavy atom. The summed E-state index contributed by atoms with van der Waals surface area (Å²) < 4.78 is 5.41. The molecule has 4 heteroatoms. The van der Waals surface area contributed by atoms with Crippen LogP contribution in [0.15, 0.2) is 28.8 Å². The molecule has 0 aliphatic heterocycles. The van der Waals surface area contributed by atoms with Crippen molar-refractivity contribution >= 4 is 0 Å². The Labute approximate surface area is 125 Å². The van der Waals surface area contributed by atoms with E-state index in [-0.39, 0.29) is 6.04 Å². The standard InChI is InChI=1S/C17H23N3O/c1-12(18)6-4-11-16-19-17(20-21-16)15-10-5-8-13-7-2-3-9-14(13)15/h2-3,7,9,12,15H,4-6,8,10-11,18H2,1H3. The third kappa shape index (κ3) is 3.32. The van der Waals surface area contributed by atoms with Crippen LogP contribution in [-0.4, -0.2) is 16.2 Å². The first-order chi connectivity index (χ1) is 10.2. The SMILES string of the molecule is CC(N)CCCc1nc(C2CCCc3ccccc32)no1. The minimum absolute atomic E-state index is 0.234. The van der Waals surface area contributed by atoms with Gasteiger partial charge in [0, 0.05) is 18.4 Å². The van der Waals surface area contributed by atoms with Crippen molar-refractivity contribution in [3.05, 3.63) is 47.1 Å². The fourth-order valence-corrected chi connectivity index (χ4v) is 3.11. The van der Waals surface area contributed by atoms with Crippen molar-refractivity contribution in [2.75, 3.05) is 0 Å². The van der Waals surface area contributed by atoms with E-state index in [0.29, 0.717) is 5.92 Å². The summed E-state index contributed by atoms with van der Waals surface area (Å²) in [5.41, 5.74) is 8.56. The van der Waals surface area contributed by atoms with Gasteiger partial charge in [-0.05, 0) is 50.2 Å². The van der Waals surface area contributed by atoms with Crippen LogP contribution in [0.25, 0.3) is 0 Å². The monoisotopic (exact) mass is 285 g/mol. The van der Waals surface area contributed by atoms with Gasteiger partial charge < -0.3 is 10.3 Å². The molecule has 0 saturated carbocycles. The number of rotatable bonds is 5. The van der Waals surface area contributed by atoms with Crippen LogP contribution >= 0.6 is 0 Å². The molecule has 2 atom stereocenters. The third-order valence-corrected chi connectivity index (χ3v) is 4.22. The number of aryl methyl sites for hydroxylation is 2. The lowest BCUT2D eigenvalue weighted by molar-refractivity contribution is 0.364. The van der Waals surface area contributed by atoms with Crippen molar-refractivity contribution in [1.82, 2.24) is 10.1 Å². The van der Waals surface area contributed by atoms with E-state index in [2.05, 4.69) is 34.4 Å². The number of nitrogens with two attached hydrogens (primary N) is 1. The number of aromatic nitrogens is 2. The third-order valence-electron chi connectivity index (χ3n) is 4.22. The van der Waals surface area contributed by atoms with Gasteiger partial charge in [-0.1, -0.05) is 29.4 Å². The second kappa shape index (κ2) is 6.39. The Balaban J connectivity index is 1.72. The lowest BCUT2D eigenvalue weighted by Gasteiger charge is -2.22. The maximum Gasteiger partial charge on any atom is 0.226 e. The van der Waals surface area contributed by atoms with Crippen LogP contribution in [0.1, 0.15) is 61.4 Å². The van der Waals surface area contributed by atoms with Gasteiger partial charge in [0.2, 0.25) is 5.89 Å². The maximum absolute atomic E-state index is 5.77. The van der Waals surface area contributed by atoms with Gasteiger partial charge in [-0.3, -0.25) is 0 Å². The molecule has 1 aromatic carbocycles. The molecule has 0 amide bonds. The Morgan fingerprint density at radius 1 is 1.38 bits per heavy atom. The highest BCUT2D eigenvalue weighted by Gasteiger charge is 2.25.